The zero-order valence-electron chi connectivity index (χ0n) is 21.2. The highest BCUT2D eigenvalue weighted by molar-refractivity contribution is 7.14. The fourth-order valence-corrected chi connectivity index (χ4v) is 4.55. The van der Waals surface area contributed by atoms with Gasteiger partial charge >= 0.3 is 0 Å². The molecule has 2 heteroatoms. The maximum absolute atomic E-state index is 6.36. The Balaban J connectivity index is 0.000000714. The molecule has 174 valence electrons. The summed E-state index contributed by atoms with van der Waals surface area (Å²) in [5.41, 5.74) is 8.79. The summed E-state index contributed by atoms with van der Waals surface area (Å²) in [4.78, 5) is 1.27. The highest BCUT2D eigenvalue weighted by Crippen LogP contribution is 2.44. The number of hydrogen-bond donors (Lipinski definition) is 0. The van der Waals surface area contributed by atoms with Gasteiger partial charge in [-0.05, 0) is 66.1 Å². The molecule has 0 aliphatic carbocycles. The van der Waals surface area contributed by atoms with E-state index in [4.69, 9.17) is 4.74 Å². The molecular formula is C31H38OS. The number of hydrogen-bond acceptors (Lipinski definition) is 2. The van der Waals surface area contributed by atoms with E-state index in [1.807, 2.05) is 19.9 Å². The molecule has 4 rings (SSSR count). The molecule has 0 atom stereocenters. The van der Waals surface area contributed by atoms with Crippen molar-refractivity contribution in [1.29, 1.82) is 0 Å². The molecule has 3 aromatic carbocycles. The Labute approximate surface area is 205 Å². The molecule has 0 unspecified atom stereocenters. The van der Waals surface area contributed by atoms with Gasteiger partial charge in [-0.1, -0.05) is 94.8 Å². The fourth-order valence-electron chi connectivity index (χ4n) is 3.52. The van der Waals surface area contributed by atoms with Gasteiger partial charge in [-0.3, -0.25) is 0 Å². The summed E-state index contributed by atoms with van der Waals surface area (Å²) >= 11 is 1.78. The average molecular weight is 459 g/mol. The van der Waals surface area contributed by atoms with E-state index < -0.39 is 0 Å². The largest absolute Gasteiger partial charge is 0.488 e. The molecule has 0 aliphatic heterocycles. The van der Waals surface area contributed by atoms with Crippen molar-refractivity contribution in [2.75, 3.05) is 0 Å². The summed E-state index contributed by atoms with van der Waals surface area (Å²) in [6, 6.07) is 25.4. The maximum atomic E-state index is 6.36. The number of ether oxygens (including phenoxy) is 1. The molecule has 0 amide bonds. The van der Waals surface area contributed by atoms with Gasteiger partial charge in [0.1, 0.15) is 12.4 Å². The van der Waals surface area contributed by atoms with E-state index in [0.29, 0.717) is 6.61 Å². The number of rotatable bonds is 5. The van der Waals surface area contributed by atoms with Gasteiger partial charge in [-0.2, -0.15) is 0 Å². The lowest BCUT2D eigenvalue weighted by atomic mass is 9.94. The van der Waals surface area contributed by atoms with E-state index in [-0.39, 0.29) is 0 Å². The van der Waals surface area contributed by atoms with Crippen molar-refractivity contribution in [3.8, 4) is 27.3 Å². The van der Waals surface area contributed by atoms with Gasteiger partial charge in [0, 0.05) is 16.0 Å². The second-order valence-corrected chi connectivity index (χ2v) is 8.74. The first kappa shape index (κ1) is 26.4. The van der Waals surface area contributed by atoms with Crippen LogP contribution in [-0.2, 0) is 6.61 Å². The first-order chi connectivity index (χ1) is 16.1. The van der Waals surface area contributed by atoms with E-state index in [2.05, 4.69) is 107 Å². The molecule has 0 saturated heterocycles. The average Bonchev–Trinajstić information content (AvgIpc) is 3.33. The summed E-state index contributed by atoms with van der Waals surface area (Å²) < 4.78 is 6.36. The quantitative estimate of drug-likeness (QED) is 0.289. The Kier molecular flexibility index (Phi) is 10.9. The van der Waals surface area contributed by atoms with Crippen LogP contribution in [0.1, 0.15) is 56.4 Å². The van der Waals surface area contributed by atoms with Crippen molar-refractivity contribution < 1.29 is 4.74 Å². The van der Waals surface area contributed by atoms with Crippen molar-refractivity contribution >= 4 is 11.3 Å². The van der Waals surface area contributed by atoms with Crippen LogP contribution in [0.15, 0.2) is 78.2 Å². The lowest BCUT2D eigenvalue weighted by molar-refractivity contribution is 0.307. The first-order valence-electron chi connectivity index (χ1n) is 12.0. The van der Waals surface area contributed by atoms with Crippen molar-refractivity contribution in [2.24, 2.45) is 0 Å². The highest BCUT2D eigenvalue weighted by atomic mass is 32.1. The number of thiophene rings is 1. The van der Waals surface area contributed by atoms with E-state index >= 15 is 0 Å². The maximum Gasteiger partial charge on any atom is 0.129 e. The number of benzene rings is 3. The molecule has 0 N–H and O–H groups in total. The van der Waals surface area contributed by atoms with Gasteiger partial charge in [0.25, 0.3) is 0 Å². The van der Waals surface area contributed by atoms with E-state index in [0.717, 1.165) is 5.75 Å². The normalized spacial score (nSPS) is 9.91. The van der Waals surface area contributed by atoms with Crippen LogP contribution >= 0.6 is 11.3 Å². The van der Waals surface area contributed by atoms with Crippen molar-refractivity contribution in [3.63, 3.8) is 0 Å². The minimum absolute atomic E-state index is 0.571. The molecule has 0 aliphatic rings. The zero-order valence-corrected chi connectivity index (χ0v) is 22.1. The predicted octanol–water partition coefficient (Wildman–Crippen LogP) is 10.0. The van der Waals surface area contributed by atoms with E-state index in [1.54, 1.807) is 11.3 Å². The third kappa shape index (κ3) is 6.82. The van der Waals surface area contributed by atoms with Crippen molar-refractivity contribution in [2.45, 2.75) is 61.5 Å². The summed E-state index contributed by atoms with van der Waals surface area (Å²) in [5, 5.41) is 2.17. The van der Waals surface area contributed by atoms with Crippen LogP contribution in [0.25, 0.3) is 21.6 Å². The highest BCUT2D eigenvalue weighted by Gasteiger charge is 2.19. The fraction of sp³-hybridized carbons (Fsp3) is 0.290. The molecule has 0 saturated carbocycles. The minimum Gasteiger partial charge on any atom is -0.488 e. The van der Waals surface area contributed by atoms with Crippen LogP contribution in [-0.4, -0.2) is 0 Å². The molecule has 1 heterocycles. The second-order valence-electron chi connectivity index (χ2n) is 7.83. The lowest BCUT2D eigenvalue weighted by Crippen LogP contribution is -2.00. The standard InChI is InChI=1S/C26H24OS.C3H8.C2H6/c1-18-16-24(27-17-21-10-6-4-7-11-21)25(20(3)19(18)2)26-23(14-15-28-26)22-12-8-5-9-13-22;1-3-2;1-2/h4-16H,17H2,1-3H3;3H2,1-2H3;1-2H3. The molecular weight excluding hydrogens is 420 g/mol. The first-order valence-corrected chi connectivity index (χ1v) is 12.9. The molecule has 33 heavy (non-hydrogen) atoms. The second kappa shape index (κ2) is 13.6. The monoisotopic (exact) mass is 458 g/mol. The Morgan fingerprint density at radius 1 is 0.758 bits per heavy atom. The molecule has 0 fully saturated rings. The van der Waals surface area contributed by atoms with Crippen molar-refractivity contribution in [3.05, 3.63) is 100 Å². The van der Waals surface area contributed by atoms with Crippen LogP contribution in [0.3, 0.4) is 0 Å². The molecule has 0 spiro atoms. The van der Waals surface area contributed by atoms with Crippen LogP contribution in [0.2, 0.25) is 0 Å². The summed E-state index contributed by atoms with van der Waals surface area (Å²) in [6.07, 6.45) is 1.25. The molecule has 1 aromatic heterocycles. The van der Waals surface area contributed by atoms with Crippen molar-refractivity contribution in [1.82, 2.24) is 0 Å². The Bertz CT molecular complexity index is 1090. The third-order valence-electron chi connectivity index (χ3n) is 5.34. The summed E-state index contributed by atoms with van der Waals surface area (Å²) in [5.74, 6) is 0.962. The van der Waals surface area contributed by atoms with Crippen LogP contribution < -0.4 is 4.74 Å². The minimum atomic E-state index is 0.571. The predicted molar refractivity (Wildman–Crippen MR) is 147 cm³/mol. The van der Waals surface area contributed by atoms with Gasteiger partial charge in [-0.25, -0.2) is 0 Å². The van der Waals surface area contributed by atoms with Gasteiger partial charge < -0.3 is 4.74 Å². The zero-order chi connectivity index (χ0) is 24.2. The molecule has 0 radical (unpaired) electrons. The van der Waals surface area contributed by atoms with Gasteiger partial charge in [-0.15, -0.1) is 11.3 Å². The van der Waals surface area contributed by atoms with Gasteiger partial charge in [0.15, 0.2) is 0 Å². The lowest BCUT2D eigenvalue weighted by Gasteiger charge is -2.18. The Morgan fingerprint density at radius 3 is 1.94 bits per heavy atom. The Hall–Kier alpha value is -2.84. The van der Waals surface area contributed by atoms with E-state index in [9.17, 15) is 0 Å². The summed E-state index contributed by atoms with van der Waals surface area (Å²) in [7, 11) is 0. The van der Waals surface area contributed by atoms with E-state index in [1.165, 1.54) is 50.2 Å². The third-order valence-corrected chi connectivity index (χ3v) is 6.27. The smallest absolute Gasteiger partial charge is 0.129 e. The van der Waals surface area contributed by atoms with Crippen LogP contribution in [0.5, 0.6) is 5.75 Å². The van der Waals surface area contributed by atoms with Crippen LogP contribution in [0.4, 0.5) is 0 Å². The van der Waals surface area contributed by atoms with Gasteiger partial charge in [0.05, 0.1) is 0 Å². The molecule has 0 bridgehead atoms. The summed E-state index contributed by atoms with van der Waals surface area (Å²) in [6.45, 7) is 15.4. The molecule has 1 nitrogen and oxygen atoms in total. The van der Waals surface area contributed by atoms with Crippen LogP contribution in [0, 0.1) is 20.8 Å². The molecule has 4 aromatic rings. The SMILES string of the molecule is CC.CCC.Cc1cc(OCc2ccccc2)c(-c2sccc2-c2ccccc2)c(C)c1C. The van der Waals surface area contributed by atoms with Gasteiger partial charge in [0.2, 0.25) is 0 Å². The topological polar surface area (TPSA) is 9.23 Å². The number of aryl methyl sites for hydroxylation is 1. The Morgan fingerprint density at radius 2 is 1.33 bits per heavy atom.